The van der Waals surface area contributed by atoms with Crippen molar-refractivity contribution in [1.82, 2.24) is 0 Å². The third-order valence-corrected chi connectivity index (χ3v) is 12.2. The Kier molecular flexibility index (Phi) is 4.06. The molecule has 8 aromatic carbocycles. The van der Waals surface area contributed by atoms with Gasteiger partial charge < -0.3 is 0 Å². The van der Waals surface area contributed by atoms with Gasteiger partial charge in [-0.15, -0.1) is 0 Å². The molecule has 0 spiro atoms. The van der Waals surface area contributed by atoms with Gasteiger partial charge in [-0.05, 0) is 158 Å². The maximum Gasteiger partial charge on any atom is 0.0477 e. The maximum atomic E-state index is 3.90. The van der Waals surface area contributed by atoms with Gasteiger partial charge in [0, 0.05) is 23.3 Å². The Balaban J connectivity index is 1.74. The summed E-state index contributed by atoms with van der Waals surface area (Å²) in [7, 11) is 0. The summed E-state index contributed by atoms with van der Waals surface area (Å²) in [5, 5.41) is 18.2. The Bertz CT molecular complexity index is 2160. The molecule has 0 aliphatic rings. The summed E-state index contributed by atoms with van der Waals surface area (Å²) in [4.78, 5) is 0. The van der Waals surface area contributed by atoms with E-state index in [2.05, 4.69) is 137 Å². The molecule has 8 aromatic rings. The van der Waals surface area contributed by atoms with E-state index in [1.54, 1.807) is 0 Å². The topological polar surface area (TPSA) is 0 Å². The van der Waals surface area contributed by atoms with Crippen molar-refractivity contribution in [2.75, 3.05) is 0 Å². The van der Waals surface area contributed by atoms with Crippen molar-refractivity contribution in [1.29, 1.82) is 0 Å². The molecule has 0 saturated carbocycles. The molecule has 0 aliphatic carbocycles. The molecular formula is C30H12Br4. The minimum Gasteiger partial charge on any atom is -0.0616 e. The standard InChI is InChI=1S/C30H12Br4/c31-27-21-12-15-6-8-16-10-19-18-4-2-1-3-13(18)9-14-5-7-17-11-20(23(15)25(16)24(17)22(14)19)26(21)28(32)30(34)29(27)33/h1-12H. The van der Waals surface area contributed by atoms with E-state index in [4.69, 9.17) is 0 Å². The molecule has 0 heterocycles. The van der Waals surface area contributed by atoms with Gasteiger partial charge in [0.05, 0.1) is 0 Å². The SMILES string of the molecule is Brc1c(Br)c(Br)c2c(cc3ccc4cc5c6ccccc6cc6ccc7cc2c3c4c7c65)c1Br. The van der Waals surface area contributed by atoms with Crippen LogP contribution in [-0.4, -0.2) is 0 Å². The van der Waals surface area contributed by atoms with Crippen LogP contribution in [0.25, 0.3) is 75.4 Å². The molecule has 160 valence electrons. The van der Waals surface area contributed by atoms with Gasteiger partial charge in [-0.3, -0.25) is 0 Å². The van der Waals surface area contributed by atoms with Gasteiger partial charge in [0.2, 0.25) is 0 Å². The second-order valence-electron chi connectivity index (χ2n) is 9.02. The third-order valence-electron chi connectivity index (χ3n) is 7.36. The normalized spacial score (nSPS) is 12.7. The Labute approximate surface area is 228 Å². The van der Waals surface area contributed by atoms with Crippen LogP contribution in [0, 0.1) is 0 Å². The molecule has 0 radical (unpaired) electrons. The van der Waals surface area contributed by atoms with E-state index in [0.717, 1.165) is 17.9 Å². The molecule has 0 saturated heterocycles. The van der Waals surface area contributed by atoms with Crippen molar-refractivity contribution in [2.45, 2.75) is 0 Å². The Morgan fingerprint density at radius 3 is 1.59 bits per heavy atom. The lowest BCUT2D eigenvalue weighted by Crippen LogP contribution is -1.92. The second kappa shape index (κ2) is 6.82. The summed E-state index contributed by atoms with van der Waals surface area (Å²) >= 11 is 15.3. The van der Waals surface area contributed by atoms with Crippen LogP contribution in [0.3, 0.4) is 0 Å². The lowest BCUT2D eigenvalue weighted by Gasteiger charge is -2.20. The molecule has 0 nitrogen and oxygen atoms in total. The predicted octanol–water partition coefficient (Wildman–Crippen LogP) is 11.7. The molecule has 4 heteroatoms. The van der Waals surface area contributed by atoms with Crippen molar-refractivity contribution in [3.63, 3.8) is 0 Å². The Morgan fingerprint density at radius 1 is 0.324 bits per heavy atom. The molecule has 0 N–H and O–H groups in total. The minimum atomic E-state index is 1.02. The van der Waals surface area contributed by atoms with Gasteiger partial charge in [0.25, 0.3) is 0 Å². The smallest absolute Gasteiger partial charge is 0.0477 e. The lowest BCUT2D eigenvalue weighted by molar-refractivity contribution is 1.58. The highest BCUT2D eigenvalue weighted by molar-refractivity contribution is 9.15. The van der Waals surface area contributed by atoms with Gasteiger partial charge in [-0.2, -0.15) is 0 Å². The highest BCUT2D eigenvalue weighted by atomic mass is 79.9. The first-order valence-electron chi connectivity index (χ1n) is 11.0. The average Bonchev–Trinajstić information content (AvgIpc) is 2.87. The molecule has 34 heavy (non-hydrogen) atoms. The van der Waals surface area contributed by atoms with Crippen molar-refractivity contribution in [3.8, 4) is 0 Å². The van der Waals surface area contributed by atoms with E-state index in [1.807, 2.05) is 0 Å². The zero-order valence-corrected chi connectivity index (χ0v) is 23.8. The number of rotatable bonds is 0. The van der Waals surface area contributed by atoms with Gasteiger partial charge in [-0.1, -0.05) is 48.5 Å². The van der Waals surface area contributed by atoms with Gasteiger partial charge >= 0.3 is 0 Å². The van der Waals surface area contributed by atoms with Crippen LogP contribution in [-0.2, 0) is 0 Å². The molecule has 0 amide bonds. The molecule has 0 fully saturated rings. The van der Waals surface area contributed by atoms with Gasteiger partial charge in [0.1, 0.15) is 0 Å². The highest BCUT2D eigenvalue weighted by Crippen LogP contribution is 2.51. The van der Waals surface area contributed by atoms with Crippen molar-refractivity contribution in [2.24, 2.45) is 0 Å². The molecule has 0 aromatic heterocycles. The second-order valence-corrected chi connectivity index (χ2v) is 12.2. The summed E-state index contributed by atoms with van der Waals surface area (Å²) in [6, 6.07) is 27.3. The largest absolute Gasteiger partial charge is 0.0616 e. The van der Waals surface area contributed by atoms with Crippen LogP contribution in [0.5, 0.6) is 0 Å². The lowest BCUT2D eigenvalue weighted by atomic mass is 9.84. The van der Waals surface area contributed by atoms with Crippen LogP contribution in [0.1, 0.15) is 0 Å². The fraction of sp³-hybridized carbons (Fsp3) is 0. The number of benzene rings is 8. The van der Waals surface area contributed by atoms with Crippen LogP contribution < -0.4 is 0 Å². The van der Waals surface area contributed by atoms with Crippen molar-refractivity contribution < 1.29 is 0 Å². The number of hydrogen-bond acceptors (Lipinski definition) is 0. The molecular weight excluding hydrogens is 680 g/mol. The zero-order chi connectivity index (χ0) is 22.9. The molecule has 8 rings (SSSR count). The van der Waals surface area contributed by atoms with E-state index >= 15 is 0 Å². The molecule has 0 aliphatic heterocycles. The quantitative estimate of drug-likeness (QED) is 0.0643. The summed E-state index contributed by atoms with van der Waals surface area (Å²) in [5.41, 5.74) is 0. The number of halogens is 4. The fourth-order valence-electron chi connectivity index (χ4n) is 5.97. The van der Waals surface area contributed by atoms with Crippen LogP contribution in [0.2, 0.25) is 0 Å². The number of fused-ring (bicyclic) bond motifs is 4. The van der Waals surface area contributed by atoms with E-state index < -0.39 is 0 Å². The monoisotopic (exact) mass is 688 g/mol. The summed E-state index contributed by atoms with van der Waals surface area (Å²) < 4.78 is 4.17. The summed E-state index contributed by atoms with van der Waals surface area (Å²) in [6.07, 6.45) is 0. The van der Waals surface area contributed by atoms with Crippen molar-refractivity contribution >= 4 is 139 Å². The Morgan fingerprint density at radius 2 is 0.853 bits per heavy atom. The van der Waals surface area contributed by atoms with E-state index in [0.29, 0.717) is 0 Å². The van der Waals surface area contributed by atoms with Gasteiger partial charge in [-0.25, -0.2) is 0 Å². The first-order chi connectivity index (χ1) is 16.5. The third kappa shape index (κ3) is 2.38. The average molecular weight is 692 g/mol. The summed E-state index contributed by atoms with van der Waals surface area (Å²) in [6.45, 7) is 0. The summed E-state index contributed by atoms with van der Waals surface area (Å²) in [5.74, 6) is 0. The van der Waals surface area contributed by atoms with E-state index in [9.17, 15) is 0 Å². The maximum absolute atomic E-state index is 3.90. The molecule has 0 unspecified atom stereocenters. The van der Waals surface area contributed by atoms with Gasteiger partial charge in [0.15, 0.2) is 0 Å². The van der Waals surface area contributed by atoms with E-state index in [-0.39, 0.29) is 0 Å². The minimum absolute atomic E-state index is 1.02. The molecule has 0 bridgehead atoms. The van der Waals surface area contributed by atoms with Crippen molar-refractivity contribution in [3.05, 3.63) is 90.7 Å². The Hall–Kier alpha value is -1.98. The van der Waals surface area contributed by atoms with Crippen LogP contribution in [0.4, 0.5) is 0 Å². The first kappa shape index (κ1) is 20.2. The van der Waals surface area contributed by atoms with E-state index in [1.165, 1.54) is 75.4 Å². The first-order valence-corrected chi connectivity index (χ1v) is 14.1. The molecule has 0 atom stereocenters. The predicted molar refractivity (Wildman–Crippen MR) is 162 cm³/mol. The fourth-order valence-corrected chi connectivity index (χ4v) is 8.45. The zero-order valence-electron chi connectivity index (χ0n) is 17.4. The van der Waals surface area contributed by atoms with Crippen LogP contribution >= 0.6 is 63.7 Å². The van der Waals surface area contributed by atoms with Crippen LogP contribution in [0.15, 0.2) is 90.7 Å². The highest BCUT2D eigenvalue weighted by Gasteiger charge is 2.21. The number of hydrogen-bond donors (Lipinski definition) is 0.